The van der Waals surface area contributed by atoms with Crippen molar-refractivity contribution in [1.29, 1.82) is 0 Å². The fourth-order valence-corrected chi connectivity index (χ4v) is 5.08. The Bertz CT molecular complexity index is 814. The zero-order chi connectivity index (χ0) is 20.2. The summed E-state index contributed by atoms with van der Waals surface area (Å²) in [6.45, 7) is 3.67. The molecule has 0 saturated heterocycles. The second-order valence-corrected chi connectivity index (χ2v) is 8.84. The van der Waals surface area contributed by atoms with Crippen molar-refractivity contribution in [1.82, 2.24) is 9.62 Å². The first kappa shape index (κ1) is 21.7. The van der Waals surface area contributed by atoms with Crippen LogP contribution in [0.3, 0.4) is 0 Å². The van der Waals surface area contributed by atoms with Gasteiger partial charge in [-0.1, -0.05) is 22.5 Å². The van der Waals surface area contributed by atoms with Gasteiger partial charge in [0.25, 0.3) is 0 Å². The summed E-state index contributed by atoms with van der Waals surface area (Å²) in [6, 6.07) is 2.14. The number of nitrogens with zero attached hydrogens (tertiary/aromatic N) is 2. The van der Waals surface area contributed by atoms with Crippen molar-refractivity contribution in [2.75, 3.05) is 0 Å². The molecule has 11 heteroatoms. The van der Waals surface area contributed by atoms with Crippen LogP contribution in [0, 0.1) is 0 Å². The minimum absolute atomic E-state index is 0.0382. The average molecular weight is 469 g/mol. The molecular formula is C16H20BrF3N4O2S. The van der Waals surface area contributed by atoms with Crippen LogP contribution in [0.25, 0.3) is 0 Å². The van der Waals surface area contributed by atoms with Crippen molar-refractivity contribution in [2.24, 2.45) is 10.9 Å². The fourth-order valence-electron chi connectivity index (χ4n) is 3.08. The summed E-state index contributed by atoms with van der Waals surface area (Å²) in [6.07, 6.45) is 0.882. The van der Waals surface area contributed by atoms with Crippen LogP contribution in [0.1, 0.15) is 31.2 Å². The third-order valence-electron chi connectivity index (χ3n) is 4.31. The van der Waals surface area contributed by atoms with Crippen LogP contribution in [0.2, 0.25) is 0 Å². The van der Waals surface area contributed by atoms with Crippen LogP contribution in [-0.4, -0.2) is 31.7 Å². The number of benzene rings is 1. The van der Waals surface area contributed by atoms with Crippen LogP contribution in [0.4, 0.5) is 13.2 Å². The molecule has 1 aromatic rings. The third-order valence-corrected chi connectivity index (χ3v) is 6.27. The molecule has 1 saturated carbocycles. The molecule has 2 rings (SSSR count). The standard InChI is InChI=1S/C16H20BrF3N4O2S/c1-2-24(10-22-21)14-5-3-4-13(9-14)23-27(25,26)15-7-11(16(18,19)20)6-12(17)8-15/h2,6-8,10,13-14,23H,1,3-5,9,21H2/b22-10-/t13-,14+/m0/s1. The monoisotopic (exact) mass is 468 g/mol. The SMILES string of the molecule is C=CN(/C=N\N)[C@@H]1CCC[C@H](NS(=O)(=O)c2cc(Br)cc(C(F)(F)F)c2)C1. The number of halogens is 4. The molecule has 0 aliphatic heterocycles. The highest BCUT2D eigenvalue weighted by Crippen LogP contribution is 2.33. The van der Waals surface area contributed by atoms with Crippen LogP contribution in [0.15, 0.2) is 45.4 Å². The Kier molecular flexibility index (Phi) is 6.92. The van der Waals surface area contributed by atoms with Crippen molar-refractivity contribution in [3.63, 3.8) is 0 Å². The van der Waals surface area contributed by atoms with E-state index in [1.54, 1.807) is 11.1 Å². The van der Waals surface area contributed by atoms with Gasteiger partial charge in [0, 0.05) is 16.6 Å². The minimum Gasteiger partial charge on any atom is -0.335 e. The summed E-state index contributed by atoms with van der Waals surface area (Å²) in [5.74, 6) is 5.16. The number of hydrogen-bond donors (Lipinski definition) is 2. The number of sulfonamides is 1. The zero-order valence-electron chi connectivity index (χ0n) is 14.3. The number of hydrogen-bond acceptors (Lipinski definition) is 4. The summed E-state index contributed by atoms with van der Waals surface area (Å²) in [5.41, 5.74) is -1.03. The molecule has 1 aliphatic carbocycles. The molecule has 1 aliphatic rings. The number of rotatable bonds is 6. The molecule has 0 spiro atoms. The van der Waals surface area contributed by atoms with Gasteiger partial charge in [-0.2, -0.15) is 18.3 Å². The van der Waals surface area contributed by atoms with Crippen LogP contribution in [-0.2, 0) is 16.2 Å². The number of alkyl halides is 3. The highest BCUT2D eigenvalue weighted by Gasteiger charge is 2.33. The van der Waals surface area contributed by atoms with Gasteiger partial charge in [0.2, 0.25) is 10.0 Å². The van der Waals surface area contributed by atoms with Gasteiger partial charge in [-0.05, 0) is 50.1 Å². The second-order valence-electron chi connectivity index (χ2n) is 6.21. The van der Waals surface area contributed by atoms with E-state index in [4.69, 9.17) is 5.84 Å². The molecule has 1 fully saturated rings. The van der Waals surface area contributed by atoms with Gasteiger partial charge in [-0.25, -0.2) is 13.1 Å². The van der Waals surface area contributed by atoms with Gasteiger partial charge in [0.1, 0.15) is 6.34 Å². The van der Waals surface area contributed by atoms with E-state index in [0.717, 1.165) is 25.0 Å². The zero-order valence-corrected chi connectivity index (χ0v) is 16.7. The molecule has 0 amide bonds. The Labute approximate surface area is 164 Å². The van der Waals surface area contributed by atoms with E-state index in [1.165, 1.54) is 6.34 Å². The third kappa shape index (κ3) is 5.69. The Morgan fingerprint density at radius 3 is 2.63 bits per heavy atom. The summed E-state index contributed by atoms with van der Waals surface area (Å²) in [5, 5.41) is 3.45. The second kappa shape index (κ2) is 8.61. The van der Waals surface area contributed by atoms with Gasteiger partial charge in [0.15, 0.2) is 0 Å². The van der Waals surface area contributed by atoms with Crippen molar-refractivity contribution < 1.29 is 21.6 Å². The maximum atomic E-state index is 13.0. The molecule has 1 aromatic carbocycles. The molecule has 6 nitrogen and oxygen atoms in total. The van der Waals surface area contributed by atoms with Crippen LogP contribution < -0.4 is 10.6 Å². The van der Waals surface area contributed by atoms with Crippen LogP contribution >= 0.6 is 15.9 Å². The summed E-state index contributed by atoms with van der Waals surface area (Å²) < 4.78 is 66.7. The summed E-state index contributed by atoms with van der Waals surface area (Å²) in [7, 11) is -4.12. The molecule has 2 atom stereocenters. The highest BCUT2D eigenvalue weighted by atomic mass is 79.9. The van der Waals surface area contributed by atoms with Gasteiger partial charge in [0.05, 0.1) is 10.5 Å². The Balaban J connectivity index is 2.21. The topological polar surface area (TPSA) is 87.8 Å². The first-order valence-corrected chi connectivity index (χ1v) is 10.4. The lowest BCUT2D eigenvalue weighted by atomic mass is 9.91. The predicted molar refractivity (Wildman–Crippen MR) is 100 cm³/mol. The van der Waals surface area contributed by atoms with E-state index in [0.29, 0.717) is 18.9 Å². The van der Waals surface area contributed by atoms with Gasteiger partial charge in [-0.3, -0.25) is 0 Å². The van der Waals surface area contributed by atoms with Crippen LogP contribution in [0.5, 0.6) is 0 Å². The van der Waals surface area contributed by atoms with E-state index in [9.17, 15) is 21.6 Å². The largest absolute Gasteiger partial charge is 0.416 e. The molecule has 27 heavy (non-hydrogen) atoms. The molecule has 3 N–H and O–H groups in total. The Hall–Kier alpha value is -1.59. The number of nitrogens with two attached hydrogens (primary N) is 1. The molecule has 0 bridgehead atoms. The quantitative estimate of drug-likeness (QED) is 0.289. The smallest absolute Gasteiger partial charge is 0.335 e. The Morgan fingerprint density at radius 1 is 1.33 bits per heavy atom. The summed E-state index contributed by atoms with van der Waals surface area (Å²) in [4.78, 5) is 1.26. The first-order valence-electron chi connectivity index (χ1n) is 8.10. The fraction of sp³-hybridized carbons (Fsp3) is 0.438. The first-order chi connectivity index (χ1) is 12.6. The number of nitrogens with one attached hydrogen (secondary N) is 1. The van der Waals surface area contributed by atoms with E-state index in [1.807, 2.05) is 0 Å². The number of hydrazone groups is 1. The van der Waals surface area contributed by atoms with Crippen molar-refractivity contribution in [3.8, 4) is 0 Å². The lowest BCUT2D eigenvalue weighted by molar-refractivity contribution is -0.137. The molecule has 0 aromatic heterocycles. The van der Waals surface area contributed by atoms with Crippen molar-refractivity contribution in [2.45, 2.75) is 48.8 Å². The molecule has 150 valence electrons. The maximum absolute atomic E-state index is 13.0. The van der Waals surface area contributed by atoms with E-state index < -0.39 is 32.7 Å². The lowest BCUT2D eigenvalue weighted by Gasteiger charge is -2.34. The van der Waals surface area contributed by atoms with E-state index in [-0.39, 0.29) is 10.5 Å². The van der Waals surface area contributed by atoms with E-state index >= 15 is 0 Å². The van der Waals surface area contributed by atoms with Crippen molar-refractivity contribution in [3.05, 3.63) is 41.0 Å². The Morgan fingerprint density at radius 2 is 2.04 bits per heavy atom. The highest BCUT2D eigenvalue weighted by molar-refractivity contribution is 9.10. The molecule has 0 radical (unpaired) electrons. The molecular weight excluding hydrogens is 449 g/mol. The maximum Gasteiger partial charge on any atom is 0.416 e. The van der Waals surface area contributed by atoms with Gasteiger partial charge in [-0.15, -0.1) is 0 Å². The van der Waals surface area contributed by atoms with Crippen molar-refractivity contribution >= 4 is 32.3 Å². The normalized spacial score (nSPS) is 21.3. The van der Waals surface area contributed by atoms with E-state index in [2.05, 4.69) is 32.3 Å². The lowest BCUT2D eigenvalue weighted by Crippen LogP contribution is -2.44. The van der Waals surface area contributed by atoms with Gasteiger partial charge >= 0.3 is 6.18 Å². The minimum atomic E-state index is -4.64. The van der Waals surface area contributed by atoms with Gasteiger partial charge < -0.3 is 10.7 Å². The summed E-state index contributed by atoms with van der Waals surface area (Å²) >= 11 is 2.94. The molecule has 0 heterocycles. The predicted octanol–water partition coefficient (Wildman–Crippen LogP) is 3.40. The molecule has 0 unspecified atom stereocenters. The average Bonchev–Trinajstić information content (AvgIpc) is 2.58.